The maximum absolute atomic E-state index is 15.2. The molecule has 25 nitrogen and oxygen atoms in total. The van der Waals surface area contributed by atoms with Gasteiger partial charge in [0.25, 0.3) is 0 Å². The largest absolute Gasteiger partial charge is 0.396 e. The molecule has 0 spiro atoms. The van der Waals surface area contributed by atoms with Gasteiger partial charge in [-0.2, -0.15) is 0 Å². The van der Waals surface area contributed by atoms with E-state index in [2.05, 4.69) is 21.3 Å². The SMILES string of the molecule is C/C=C/C[C@@H](C)[C@@H](O)[C@H]1C(=O)N[C@@H]([C@@H](C)O)C(=O)N(C)CC(=O)N(C)[C@@H](CC(C)C)C(=O)N[C@@H](C(C)C)C(=O)N(C)[C@@H](CC(C)C)C(=O)N[C@@H](C)C(=O)N[C@H](C)C(=O)N(C)[C@@H](CC(C)CO)C(=O)N(C)[C@@H](CC(C)C)C(=O)N(C)[C@@H](C(C)C)C(=O)N1C. The molecule has 87 heavy (non-hydrogen) atoms. The molecule has 1 fully saturated rings. The van der Waals surface area contributed by atoms with Gasteiger partial charge in [0.15, 0.2) is 0 Å². The predicted molar refractivity (Wildman–Crippen MR) is 331 cm³/mol. The van der Waals surface area contributed by atoms with Gasteiger partial charge in [0.1, 0.15) is 60.4 Å². The van der Waals surface area contributed by atoms with Gasteiger partial charge in [-0.15, -0.1) is 0 Å². The number of rotatable bonds is 16. The van der Waals surface area contributed by atoms with E-state index >= 15 is 9.59 Å². The van der Waals surface area contributed by atoms with E-state index in [1.54, 1.807) is 60.6 Å². The van der Waals surface area contributed by atoms with Crippen LogP contribution in [-0.2, 0) is 52.7 Å². The predicted octanol–water partition coefficient (Wildman–Crippen LogP) is 1.21. The molecule has 0 saturated carbocycles. The van der Waals surface area contributed by atoms with Gasteiger partial charge in [-0.25, -0.2) is 0 Å². The Hall–Kier alpha value is -6.21. The molecule has 0 aromatic carbocycles. The first-order valence-electron chi connectivity index (χ1n) is 30.8. The summed E-state index contributed by atoms with van der Waals surface area (Å²) in [5.74, 6) is -11.5. The smallest absolute Gasteiger partial charge is 0.248 e. The Bertz CT molecular complexity index is 2380. The highest BCUT2D eigenvalue weighted by molar-refractivity contribution is 5.99. The number of aliphatic hydroxyl groups excluding tert-OH is 3. The quantitative estimate of drug-likeness (QED) is 0.107. The van der Waals surface area contributed by atoms with Crippen LogP contribution < -0.4 is 21.3 Å². The van der Waals surface area contributed by atoms with E-state index in [0.717, 1.165) is 19.6 Å². The normalized spacial score (nSPS) is 27.3. The average Bonchev–Trinajstić information content (AvgIpc) is 1.19. The van der Waals surface area contributed by atoms with Crippen molar-refractivity contribution in [2.75, 3.05) is 62.5 Å². The maximum atomic E-state index is 15.2. The molecule has 1 saturated heterocycles. The number of hydrogen-bond acceptors (Lipinski definition) is 14. The Morgan fingerprint density at radius 3 is 1.36 bits per heavy atom. The van der Waals surface area contributed by atoms with Crippen molar-refractivity contribution in [1.82, 2.24) is 55.6 Å². The van der Waals surface area contributed by atoms with E-state index in [4.69, 9.17) is 0 Å². The van der Waals surface area contributed by atoms with Crippen LogP contribution in [0.4, 0.5) is 0 Å². The number of nitrogens with one attached hydrogen (secondary N) is 4. The highest BCUT2D eigenvalue weighted by Gasteiger charge is 2.46. The van der Waals surface area contributed by atoms with Gasteiger partial charge in [-0.1, -0.05) is 95.2 Å². The van der Waals surface area contributed by atoms with Gasteiger partial charge in [-0.05, 0) is 101 Å². The Labute approximate surface area is 518 Å². The molecule has 0 radical (unpaired) electrons. The minimum Gasteiger partial charge on any atom is -0.396 e. The van der Waals surface area contributed by atoms with Crippen molar-refractivity contribution >= 4 is 65.0 Å². The van der Waals surface area contributed by atoms with Crippen LogP contribution in [0.2, 0.25) is 0 Å². The Morgan fingerprint density at radius 2 is 0.885 bits per heavy atom. The lowest BCUT2D eigenvalue weighted by Crippen LogP contribution is -2.64. The van der Waals surface area contributed by atoms with Gasteiger partial charge < -0.3 is 70.9 Å². The van der Waals surface area contributed by atoms with Crippen LogP contribution in [-0.4, -0.2) is 250 Å². The highest BCUT2D eigenvalue weighted by Crippen LogP contribution is 2.26. The van der Waals surface area contributed by atoms with Gasteiger partial charge in [0, 0.05) is 55.9 Å². The van der Waals surface area contributed by atoms with Gasteiger partial charge in [0.2, 0.25) is 65.0 Å². The van der Waals surface area contributed by atoms with E-state index in [1.807, 2.05) is 41.5 Å². The summed E-state index contributed by atoms with van der Waals surface area (Å²) in [5, 5.41) is 44.2. The molecule has 1 aliphatic heterocycles. The number of nitrogens with zero attached hydrogens (tertiary/aromatic N) is 7. The van der Waals surface area contributed by atoms with E-state index < -0.39 is 168 Å². The summed E-state index contributed by atoms with van der Waals surface area (Å²) in [6.07, 6.45) is 0.740. The summed E-state index contributed by atoms with van der Waals surface area (Å²) in [5.41, 5.74) is 0. The highest BCUT2D eigenvalue weighted by atomic mass is 16.3. The summed E-state index contributed by atoms with van der Waals surface area (Å²) >= 11 is 0. The summed E-state index contributed by atoms with van der Waals surface area (Å²) in [7, 11) is 9.43. The van der Waals surface area contributed by atoms with Crippen molar-refractivity contribution < 1.29 is 68.1 Å². The summed E-state index contributed by atoms with van der Waals surface area (Å²) in [6.45, 7) is 25.8. The van der Waals surface area contributed by atoms with Crippen molar-refractivity contribution in [2.45, 2.75) is 216 Å². The van der Waals surface area contributed by atoms with Crippen molar-refractivity contribution in [3.8, 4) is 0 Å². The van der Waals surface area contributed by atoms with Crippen LogP contribution in [0.25, 0.3) is 0 Å². The van der Waals surface area contributed by atoms with Crippen molar-refractivity contribution in [3.05, 3.63) is 12.2 Å². The molecular formula is C62H111N11O14. The lowest BCUT2D eigenvalue weighted by atomic mass is 9.91. The molecule has 498 valence electrons. The fourth-order valence-electron chi connectivity index (χ4n) is 10.7. The third-order valence-corrected chi connectivity index (χ3v) is 16.3. The van der Waals surface area contributed by atoms with Crippen LogP contribution in [0, 0.1) is 41.4 Å². The van der Waals surface area contributed by atoms with Crippen LogP contribution in [0.5, 0.6) is 0 Å². The Kier molecular flexibility index (Phi) is 32.3. The van der Waals surface area contributed by atoms with Crippen LogP contribution in [0.3, 0.4) is 0 Å². The number of likely N-dealkylation sites (N-methyl/N-ethyl adjacent to an activating group) is 7. The van der Waals surface area contributed by atoms with E-state index in [0.29, 0.717) is 0 Å². The Morgan fingerprint density at radius 1 is 0.460 bits per heavy atom. The van der Waals surface area contributed by atoms with Crippen LogP contribution in [0.15, 0.2) is 12.2 Å². The molecule has 0 aromatic rings. The molecule has 0 aliphatic carbocycles. The van der Waals surface area contributed by atoms with Crippen molar-refractivity contribution in [3.63, 3.8) is 0 Å². The Balaban J connectivity index is 4.39. The van der Waals surface area contributed by atoms with Crippen LogP contribution in [0.1, 0.15) is 143 Å². The number of carbonyl (C=O) groups excluding carboxylic acids is 11. The summed E-state index contributed by atoms with van der Waals surface area (Å²) in [4.78, 5) is 168. The zero-order valence-corrected chi connectivity index (χ0v) is 56.5. The second kappa shape index (κ2) is 35.7. The molecule has 14 atom stereocenters. The number of hydrogen-bond donors (Lipinski definition) is 7. The van der Waals surface area contributed by atoms with Gasteiger partial charge >= 0.3 is 0 Å². The molecule has 25 heteroatoms. The molecule has 1 heterocycles. The molecule has 1 rings (SSSR count). The summed E-state index contributed by atoms with van der Waals surface area (Å²) in [6, 6.07) is -13.6. The fraction of sp³-hybridized carbons (Fsp3) is 0.790. The minimum atomic E-state index is -1.76. The molecule has 0 aromatic heterocycles. The molecule has 0 bridgehead atoms. The average molecular weight is 1230 g/mol. The minimum absolute atomic E-state index is 0.0708. The molecular weight excluding hydrogens is 1120 g/mol. The zero-order chi connectivity index (χ0) is 67.6. The monoisotopic (exact) mass is 1230 g/mol. The number of carbonyl (C=O) groups is 11. The standard InChI is InChI=1S/C62H111N11O14/c1-24-25-26-39(13)52(77)51-56(81)66-49(42(16)75)60(85)67(17)31-47(76)68(18)43(27-33(2)3)55(80)65-48(36(8)9)61(86)69(19)44(28-34(4)5)54(79)63-40(14)53(78)64-41(15)57(82)70(20)46(30-38(12)32-74)58(83)71(21)45(29-35(6)7)59(84)72(22)50(37(10)11)62(87)73(51)23/h24-25,33-46,48-52,74-75,77H,26-32H2,1-23H3,(H,63,79)(H,64,78)(H,65,80)(H,66,81)/b25-24+/t38?,39-,40+,41-,42-,43+,44+,45+,46+,48+,49+,50+,51+,52-/m1/s1. The van der Waals surface area contributed by atoms with Gasteiger partial charge in [0.05, 0.1) is 18.8 Å². The first-order chi connectivity index (χ1) is 40.1. The third kappa shape index (κ3) is 22.1. The third-order valence-electron chi connectivity index (χ3n) is 16.3. The number of amides is 11. The maximum Gasteiger partial charge on any atom is 0.248 e. The molecule has 7 N–H and O–H groups in total. The number of aliphatic hydroxyl groups is 3. The fourth-order valence-corrected chi connectivity index (χ4v) is 10.7. The van der Waals surface area contributed by atoms with Crippen molar-refractivity contribution in [1.29, 1.82) is 0 Å². The zero-order valence-electron chi connectivity index (χ0n) is 56.5. The first kappa shape index (κ1) is 78.8. The van der Waals surface area contributed by atoms with E-state index in [-0.39, 0.29) is 56.5 Å². The topological polar surface area (TPSA) is 319 Å². The first-order valence-corrected chi connectivity index (χ1v) is 30.8. The molecule has 1 aliphatic rings. The second-order valence-corrected chi connectivity index (χ2v) is 26.2. The van der Waals surface area contributed by atoms with E-state index in [9.17, 15) is 58.5 Å². The van der Waals surface area contributed by atoms with Crippen LogP contribution >= 0.6 is 0 Å². The molecule has 1 unspecified atom stereocenters. The number of allylic oxidation sites excluding steroid dienone is 2. The second-order valence-electron chi connectivity index (χ2n) is 26.2. The lowest BCUT2D eigenvalue weighted by Gasteiger charge is -2.41. The lowest BCUT2D eigenvalue weighted by molar-refractivity contribution is -0.157. The summed E-state index contributed by atoms with van der Waals surface area (Å²) < 4.78 is 0. The molecule has 11 amide bonds. The van der Waals surface area contributed by atoms with Gasteiger partial charge in [-0.3, -0.25) is 52.7 Å². The van der Waals surface area contributed by atoms with Crippen molar-refractivity contribution in [2.24, 2.45) is 41.4 Å². The van der Waals surface area contributed by atoms with E-state index in [1.165, 1.54) is 84.8 Å².